The molecule has 3 heteroatoms. The van der Waals surface area contributed by atoms with Gasteiger partial charge in [0.25, 0.3) is 0 Å². The second-order valence-electron chi connectivity index (χ2n) is 4.98. The Morgan fingerprint density at radius 2 is 2.05 bits per heavy atom. The number of furan rings is 1. The molecule has 1 heterocycles. The van der Waals surface area contributed by atoms with Crippen molar-refractivity contribution in [1.82, 2.24) is 5.32 Å². The van der Waals surface area contributed by atoms with Gasteiger partial charge in [-0.15, -0.1) is 0 Å². The molecule has 1 saturated carbocycles. The van der Waals surface area contributed by atoms with Gasteiger partial charge in [0.1, 0.15) is 5.76 Å². The van der Waals surface area contributed by atoms with Crippen molar-refractivity contribution < 1.29 is 9.21 Å². The molecule has 1 fully saturated rings. The first-order valence-electron chi connectivity index (χ1n) is 6.69. The molecule has 1 aromatic heterocycles. The van der Waals surface area contributed by atoms with Gasteiger partial charge in [-0.3, -0.25) is 4.79 Å². The molecule has 19 heavy (non-hydrogen) atoms. The van der Waals surface area contributed by atoms with Crippen LogP contribution in [0.15, 0.2) is 53.1 Å². The third-order valence-electron chi connectivity index (χ3n) is 3.61. The van der Waals surface area contributed by atoms with Crippen molar-refractivity contribution >= 4 is 5.91 Å². The highest BCUT2D eigenvalue weighted by atomic mass is 16.3. The van der Waals surface area contributed by atoms with Crippen LogP contribution in [0.25, 0.3) is 0 Å². The number of rotatable bonds is 5. The summed E-state index contributed by atoms with van der Waals surface area (Å²) in [6, 6.07) is 14.0. The molecule has 3 rings (SSSR count). The minimum absolute atomic E-state index is 0.152. The fraction of sp³-hybridized carbons (Fsp3) is 0.312. The Balaban J connectivity index is 1.45. The number of nitrogens with one attached hydrogen (secondary N) is 1. The summed E-state index contributed by atoms with van der Waals surface area (Å²) < 4.78 is 5.23. The lowest BCUT2D eigenvalue weighted by atomic mass is 10.1. The molecule has 0 bridgehead atoms. The molecule has 1 aliphatic carbocycles. The highest BCUT2D eigenvalue weighted by Gasteiger charge is 2.43. The number of benzene rings is 1. The Kier molecular flexibility index (Phi) is 3.36. The van der Waals surface area contributed by atoms with E-state index in [1.54, 1.807) is 6.26 Å². The van der Waals surface area contributed by atoms with Gasteiger partial charge >= 0.3 is 0 Å². The quantitative estimate of drug-likeness (QED) is 0.892. The first kappa shape index (κ1) is 12.0. The van der Waals surface area contributed by atoms with Crippen LogP contribution in [0.4, 0.5) is 0 Å². The van der Waals surface area contributed by atoms with Crippen molar-refractivity contribution in [3.05, 3.63) is 60.1 Å². The van der Waals surface area contributed by atoms with Gasteiger partial charge < -0.3 is 9.73 Å². The maximum atomic E-state index is 12.0. The zero-order valence-electron chi connectivity index (χ0n) is 10.7. The SMILES string of the molecule is O=C(NCCc1ccco1)[C@H]1C[C@@H]1c1ccccc1. The van der Waals surface area contributed by atoms with Crippen molar-refractivity contribution in [3.63, 3.8) is 0 Å². The summed E-state index contributed by atoms with van der Waals surface area (Å²) in [6.45, 7) is 0.643. The number of carbonyl (C=O) groups is 1. The van der Waals surface area contributed by atoms with Gasteiger partial charge in [0.05, 0.1) is 6.26 Å². The lowest BCUT2D eigenvalue weighted by Gasteiger charge is -2.03. The molecule has 1 aliphatic rings. The number of amides is 1. The molecule has 0 aliphatic heterocycles. The third-order valence-corrected chi connectivity index (χ3v) is 3.61. The van der Waals surface area contributed by atoms with Crippen LogP contribution in [0, 0.1) is 5.92 Å². The second-order valence-corrected chi connectivity index (χ2v) is 4.98. The van der Waals surface area contributed by atoms with E-state index in [2.05, 4.69) is 17.4 Å². The predicted octanol–water partition coefficient (Wildman–Crippen LogP) is 2.74. The van der Waals surface area contributed by atoms with Crippen LogP contribution in [0.3, 0.4) is 0 Å². The summed E-state index contributed by atoms with van der Waals surface area (Å²) in [5.41, 5.74) is 1.27. The summed E-state index contributed by atoms with van der Waals surface area (Å²) in [5.74, 6) is 1.64. The van der Waals surface area contributed by atoms with E-state index in [1.807, 2.05) is 30.3 Å². The summed E-state index contributed by atoms with van der Waals surface area (Å²) in [6.07, 6.45) is 3.38. The van der Waals surface area contributed by atoms with Gasteiger partial charge in [0.2, 0.25) is 5.91 Å². The summed E-state index contributed by atoms with van der Waals surface area (Å²) >= 11 is 0. The monoisotopic (exact) mass is 255 g/mol. The van der Waals surface area contributed by atoms with Crippen LogP contribution in [-0.4, -0.2) is 12.5 Å². The Morgan fingerprint density at radius 1 is 1.21 bits per heavy atom. The van der Waals surface area contributed by atoms with E-state index < -0.39 is 0 Å². The van der Waals surface area contributed by atoms with Gasteiger partial charge in [-0.1, -0.05) is 30.3 Å². The Labute approximate surface area is 112 Å². The molecule has 98 valence electrons. The van der Waals surface area contributed by atoms with Crippen molar-refractivity contribution in [2.75, 3.05) is 6.54 Å². The average molecular weight is 255 g/mol. The van der Waals surface area contributed by atoms with Gasteiger partial charge in [-0.05, 0) is 30.0 Å². The largest absolute Gasteiger partial charge is 0.469 e. The highest BCUT2D eigenvalue weighted by Crippen LogP contribution is 2.47. The van der Waals surface area contributed by atoms with Crippen LogP contribution in [0.1, 0.15) is 23.7 Å². The highest BCUT2D eigenvalue weighted by molar-refractivity contribution is 5.82. The molecule has 3 nitrogen and oxygen atoms in total. The van der Waals surface area contributed by atoms with Gasteiger partial charge in [-0.25, -0.2) is 0 Å². The van der Waals surface area contributed by atoms with Crippen molar-refractivity contribution in [2.45, 2.75) is 18.8 Å². The standard InChI is InChI=1S/C16H17NO2/c18-16(17-9-8-13-7-4-10-19-13)15-11-14(15)12-5-2-1-3-6-12/h1-7,10,14-15H,8-9,11H2,(H,17,18)/t14-,15+/m1/s1. The molecule has 1 aromatic carbocycles. The average Bonchev–Trinajstić information content (AvgIpc) is 3.09. The zero-order chi connectivity index (χ0) is 13.1. The lowest BCUT2D eigenvalue weighted by Crippen LogP contribution is -2.27. The lowest BCUT2D eigenvalue weighted by molar-refractivity contribution is -0.122. The Morgan fingerprint density at radius 3 is 2.79 bits per heavy atom. The molecule has 2 aromatic rings. The van der Waals surface area contributed by atoms with Crippen LogP contribution in [-0.2, 0) is 11.2 Å². The molecule has 0 radical (unpaired) electrons. The maximum Gasteiger partial charge on any atom is 0.223 e. The van der Waals surface area contributed by atoms with E-state index in [9.17, 15) is 4.79 Å². The number of hydrogen-bond donors (Lipinski definition) is 1. The number of carbonyl (C=O) groups excluding carboxylic acids is 1. The fourth-order valence-electron chi connectivity index (χ4n) is 2.45. The molecule has 2 atom stereocenters. The molecule has 0 unspecified atom stereocenters. The summed E-state index contributed by atoms with van der Waals surface area (Å²) in [5, 5.41) is 2.98. The first-order chi connectivity index (χ1) is 9.34. The predicted molar refractivity (Wildman–Crippen MR) is 72.7 cm³/mol. The molecular formula is C16H17NO2. The molecule has 1 amide bonds. The normalized spacial score (nSPS) is 21.1. The van der Waals surface area contributed by atoms with Gasteiger partial charge in [0, 0.05) is 18.9 Å². The van der Waals surface area contributed by atoms with E-state index in [-0.39, 0.29) is 11.8 Å². The smallest absolute Gasteiger partial charge is 0.223 e. The second kappa shape index (κ2) is 5.31. The van der Waals surface area contributed by atoms with Crippen molar-refractivity contribution in [2.24, 2.45) is 5.92 Å². The molecule has 1 N–H and O–H groups in total. The van der Waals surface area contributed by atoms with E-state index >= 15 is 0 Å². The van der Waals surface area contributed by atoms with Crippen molar-refractivity contribution in [1.29, 1.82) is 0 Å². The summed E-state index contributed by atoms with van der Waals surface area (Å²) in [7, 11) is 0. The first-order valence-corrected chi connectivity index (χ1v) is 6.69. The molecule has 0 spiro atoms. The van der Waals surface area contributed by atoms with Crippen LogP contribution in [0.5, 0.6) is 0 Å². The minimum Gasteiger partial charge on any atom is -0.469 e. The fourth-order valence-corrected chi connectivity index (χ4v) is 2.45. The Bertz CT molecular complexity index is 533. The topological polar surface area (TPSA) is 42.2 Å². The van der Waals surface area contributed by atoms with E-state index in [4.69, 9.17) is 4.42 Å². The van der Waals surface area contributed by atoms with Crippen LogP contribution < -0.4 is 5.32 Å². The van der Waals surface area contributed by atoms with Crippen molar-refractivity contribution in [3.8, 4) is 0 Å². The molecular weight excluding hydrogens is 238 g/mol. The molecule has 0 saturated heterocycles. The van der Waals surface area contributed by atoms with E-state index in [0.717, 1.165) is 18.6 Å². The van der Waals surface area contributed by atoms with Gasteiger partial charge in [0.15, 0.2) is 0 Å². The minimum atomic E-state index is 0.152. The summed E-state index contributed by atoms with van der Waals surface area (Å²) in [4.78, 5) is 12.0. The van der Waals surface area contributed by atoms with Crippen LogP contribution >= 0.6 is 0 Å². The Hall–Kier alpha value is -2.03. The maximum absolute atomic E-state index is 12.0. The van der Waals surface area contributed by atoms with Crippen LogP contribution in [0.2, 0.25) is 0 Å². The van der Waals surface area contributed by atoms with E-state index in [1.165, 1.54) is 5.56 Å². The number of hydrogen-bond acceptors (Lipinski definition) is 2. The third kappa shape index (κ3) is 2.87. The zero-order valence-corrected chi connectivity index (χ0v) is 10.7. The van der Waals surface area contributed by atoms with E-state index in [0.29, 0.717) is 12.5 Å². The van der Waals surface area contributed by atoms with Gasteiger partial charge in [-0.2, -0.15) is 0 Å².